The lowest BCUT2D eigenvalue weighted by atomic mass is 10.0. The largest absolute Gasteiger partial charge is 0.497 e. The number of hydrogen-bond acceptors (Lipinski definition) is 5. The number of aromatic nitrogens is 2. The number of rotatable bonds is 4. The molecular formula is C22H22N4OS. The molecule has 5 nitrogen and oxygen atoms in total. The van der Waals surface area contributed by atoms with E-state index in [1.165, 1.54) is 5.69 Å². The van der Waals surface area contributed by atoms with Crippen LogP contribution in [-0.4, -0.2) is 38.5 Å². The molecule has 2 aliphatic rings. The molecule has 2 aromatic heterocycles. The fourth-order valence-corrected chi connectivity index (χ4v) is 5.14. The molecular weight excluding hydrogens is 368 g/mol. The Morgan fingerprint density at radius 1 is 1.07 bits per heavy atom. The maximum Gasteiger partial charge on any atom is 0.160 e. The van der Waals surface area contributed by atoms with Crippen molar-refractivity contribution in [2.45, 2.75) is 24.3 Å². The highest BCUT2D eigenvalue weighted by Gasteiger charge is 2.44. The molecule has 6 heteroatoms. The van der Waals surface area contributed by atoms with Crippen molar-refractivity contribution in [2.75, 3.05) is 13.7 Å². The van der Waals surface area contributed by atoms with Gasteiger partial charge in [0.25, 0.3) is 0 Å². The molecule has 0 amide bonds. The molecule has 0 spiro atoms. The van der Waals surface area contributed by atoms with Crippen molar-refractivity contribution in [1.82, 2.24) is 14.5 Å². The van der Waals surface area contributed by atoms with Gasteiger partial charge < -0.3 is 14.2 Å². The van der Waals surface area contributed by atoms with Crippen molar-refractivity contribution >= 4 is 16.9 Å². The van der Waals surface area contributed by atoms with Gasteiger partial charge in [0.1, 0.15) is 11.8 Å². The minimum atomic E-state index is 0.00287. The van der Waals surface area contributed by atoms with Crippen LogP contribution in [0.2, 0.25) is 0 Å². The topological polar surface area (TPSA) is 42.6 Å². The van der Waals surface area contributed by atoms with Crippen LogP contribution < -0.4 is 4.74 Å². The fraction of sp³-hybridized carbons (Fsp3) is 0.273. The second kappa shape index (κ2) is 7.02. The lowest BCUT2D eigenvalue weighted by Gasteiger charge is -2.28. The third-order valence-corrected chi connectivity index (χ3v) is 6.42. The molecule has 0 bridgehead atoms. The molecule has 1 fully saturated rings. The van der Waals surface area contributed by atoms with Crippen LogP contribution in [0.5, 0.6) is 5.75 Å². The molecule has 0 N–H and O–H groups in total. The van der Waals surface area contributed by atoms with E-state index in [0.717, 1.165) is 28.8 Å². The SMILES string of the molecule is COc1ccc(-n2cccc2[C@H]2[C@@H](c3ccccn3)N=C3S[C@@H](C)CN32)cc1. The first-order chi connectivity index (χ1) is 13.7. The lowest BCUT2D eigenvalue weighted by Crippen LogP contribution is -2.30. The number of methoxy groups -OCH3 is 1. The summed E-state index contributed by atoms with van der Waals surface area (Å²) < 4.78 is 7.57. The third-order valence-electron chi connectivity index (χ3n) is 5.32. The summed E-state index contributed by atoms with van der Waals surface area (Å²) in [6.07, 6.45) is 3.98. The average Bonchev–Trinajstić information content (AvgIpc) is 3.42. The van der Waals surface area contributed by atoms with E-state index < -0.39 is 0 Å². The summed E-state index contributed by atoms with van der Waals surface area (Å²) in [6, 6.07) is 18.7. The van der Waals surface area contributed by atoms with E-state index in [4.69, 9.17) is 9.73 Å². The number of nitrogens with zero attached hydrogens (tertiary/aromatic N) is 4. The van der Waals surface area contributed by atoms with Crippen molar-refractivity contribution in [1.29, 1.82) is 0 Å². The Balaban J connectivity index is 1.58. The summed E-state index contributed by atoms with van der Waals surface area (Å²) in [5.41, 5.74) is 3.37. The van der Waals surface area contributed by atoms with Gasteiger partial charge in [-0.05, 0) is 48.5 Å². The summed E-state index contributed by atoms with van der Waals surface area (Å²) in [7, 11) is 1.69. The zero-order chi connectivity index (χ0) is 19.1. The molecule has 4 heterocycles. The summed E-state index contributed by atoms with van der Waals surface area (Å²) in [5.74, 6) is 0.861. The molecule has 0 unspecified atom stereocenters. The number of benzene rings is 1. The van der Waals surface area contributed by atoms with E-state index in [-0.39, 0.29) is 12.1 Å². The van der Waals surface area contributed by atoms with Gasteiger partial charge in [-0.3, -0.25) is 9.98 Å². The van der Waals surface area contributed by atoms with E-state index in [2.05, 4.69) is 57.9 Å². The molecule has 3 aromatic rings. The van der Waals surface area contributed by atoms with Crippen LogP contribution in [0.3, 0.4) is 0 Å². The van der Waals surface area contributed by atoms with E-state index in [1.54, 1.807) is 7.11 Å². The van der Waals surface area contributed by atoms with Crippen LogP contribution in [-0.2, 0) is 0 Å². The van der Waals surface area contributed by atoms with Crippen molar-refractivity contribution < 1.29 is 4.74 Å². The maximum absolute atomic E-state index is 5.31. The molecule has 5 rings (SSSR count). The number of fused-ring (bicyclic) bond motifs is 1. The van der Waals surface area contributed by atoms with Gasteiger partial charge in [0, 0.05) is 35.6 Å². The van der Waals surface area contributed by atoms with Crippen LogP contribution >= 0.6 is 11.8 Å². The van der Waals surface area contributed by atoms with Crippen molar-refractivity contribution in [3.05, 3.63) is 78.4 Å². The van der Waals surface area contributed by atoms with Crippen LogP contribution in [0.25, 0.3) is 5.69 Å². The Morgan fingerprint density at radius 2 is 1.93 bits per heavy atom. The van der Waals surface area contributed by atoms with Crippen molar-refractivity contribution in [2.24, 2.45) is 4.99 Å². The van der Waals surface area contributed by atoms with E-state index in [9.17, 15) is 0 Å². The molecule has 0 aliphatic carbocycles. The number of hydrogen-bond donors (Lipinski definition) is 0. The van der Waals surface area contributed by atoms with Crippen molar-refractivity contribution in [3.8, 4) is 11.4 Å². The van der Waals surface area contributed by atoms with E-state index >= 15 is 0 Å². The van der Waals surface area contributed by atoms with E-state index in [0.29, 0.717) is 5.25 Å². The van der Waals surface area contributed by atoms with Crippen LogP contribution in [0.1, 0.15) is 30.4 Å². The predicted octanol–water partition coefficient (Wildman–Crippen LogP) is 4.47. The molecule has 3 atom stereocenters. The summed E-state index contributed by atoms with van der Waals surface area (Å²) in [5, 5.41) is 1.69. The van der Waals surface area contributed by atoms with Gasteiger partial charge >= 0.3 is 0 Å². The fourth-order valence-electron chi connectivity index (χ4n) is 4.05. The van der Waals surface area contributed by atoms with Gasteiger partial charge in [-0.15, -0.1) is 0 Å². The number of thioether (sulfide) groups is 1. The first kappa shape index (κ1) is 17.4. The standard InChI is InChI=1S/C22H22N4OS/c1-15-14-26-21(20(24-22(26)28-15)18-6-3-4-12-23-18)19-7-5-13-25(19)16-8-10-17(27-2)11-9-16/h3-13,15,20-21H,14H2,1-2H3/t15-,20+,21-/m0/s1. The number of amidine groups is 1. The van der Waals surface area contributed by atoms with Gasteiger partial charge in [-0.2, -0.15) is 0 Å². The Hall–Kier alpha value is -2.73. The summed E-state index contributed by atoms with van der Waals surface area (Å²) >= 11 is 1.86. The van der Waals surface area contributed by atoms with Gasteiger partial charge in [0.15, 0.2) is 5.17 Å². The molecule has 0 radical (unpaired) electrons. The molecule has 28 heavy (non-hydrogen) atoms. The second-order valence-corrected chi connectivity index (χ2v) is 8.54. The monoisotopic (exact) mass is 390 g/mol. The summed E-state index contributed by atoms with van der Waals surface area (Å²) in [4.78, 5) is 12.2. The van der Waals surface area contributed by atoms with Gasteiger partial charge in [0.05, 0.1) is 18.8 Å². The van der Waals surface area contributed by atoms with Crippen LogP contribution in [0.4, 0.5) is 0 Å². The predicted molar refractivity (Wildman–Crippen MR) is 113 cm³/mol. The molecule has 0 saturated carbocycles. The smallest absolute Gasteiger partial charge is 0.160 e. The minimum absolute atomic E-state index is 0.00287. The first-order valence-corrected chi connectivity index (χ1v) is 10.4. The van der Waals surface area contributed by atoms with Gasteiger partial charge in [0.2, 0.25) is 0 Å². The third kappa shape index (κ3) is 2.88. The maximum atomic E-state index is 5.31. The van der Waals surface area contributed by atoms with E-state index in [1.807, 2.05) is 42.2 Å². The highest BCUT2D eigenvalue weighted by Crippen LogP contribution is 2.47. The van der Waals surface area contributed by atoms with Crippen LogP contribution in [0, 0.1) is 0 Å². The molecule has 1 saturated heterocycles. The number of ether oxygens (including phenoxy) is 1. The lowest BCUT2D eigenvalue weighted by molar-refractivity contribution is 0.312. The zero-order valence-electron chi connectivity index (χ0n) is 15.9. The van der Waals surface area contributed by atoms with Gasteiger partial charge in [-0.25, -0.2) is 0 Å². The summed E-state index contributed by atoms with van der Waals surface area (Å²) in [6.45, 7) is 3.27. The Labute approximate surface area is 169 Å². The second-order valence-electron chi connectivity index (χ2n) is 7.14. The first-order valence-electron chi connectivity index (χ1n) is 9.48. The molecule has 2 aliphatic heterocycles. The highest BCUT2D eigenvalue weighted by atomic mass is 32.2. The average molecular weight is 391 g/mol. The molecule has 1 aromatic carbocycles. The Morgan fingerprint density at radius 3 is 2.68 bits per heavy atom. The normalized spacial score (nSPS) is 23.6. The van der Waals surface area contributed by atoms with Gasteiger partial charge in [-0.1, -0.05) is 24.8 Å². The molecule has 142 valence electrons. The zero-order valence-corrected chi connectivity index (χ0v) is 16.7. The number of pyridine rings is 1. The minimum Gasteiger partial charge on any atom is -0.497 e. The Bertz CT molecular complexity index is 999. The van der Waals surface area contributed by atoms with Crippen molar-refractivity contribution in [3.63, 3.8) is 0 Å². The Kier molecular flexibility index (Phi) is 4.36. The van der Waals surface area contributed by atoms with Crippen LogP contribution in [0.15, 0.2) is 72.0 Å². The number of aliphatic imine (C=N–C) groups is 1. The quantitative estimate of drug-likeness (QED) is 0.659. The highest BCUT2D eigenvalue weighted by molar-refractivity contribution is 8.14.